The van der Waals surface area contributed by atoms with Gasteiger partial charge < -0.3 is 14.5 Å². The van der Waals surface area contributed by atoms with E-state index in [4.69, 9.17) is 4.74 Å². The molecule has 0 aliphatic carbocycles. The maximum Gasteiger partial charge on any atom is 0.410 e. The quantitative estimate of drug-likeness (QED) is 0.107. The Morgan fingerprint density at radius 1 is 1.04 bits per heavy atom. The molecule has 1 amide bonds. The molecule has 1 aliphatic heterocycles. The fourth-order valence-electron chi connectivity index (χ4n) is 5.98. The molecule has 10 heteroatoms. The van der Waals surface area contributed by atoms with Crippen molar-refractivity contribution in [2.24, 2.45) is 0 Å². The van der Waals surface area contributed by atoms with Crippen LogP contribution in [0.3, 0.4) is 0 Å². The largest absolute Gasteiger partial charge is 0.445 e. The van der Waals surface area contributed by atoms with Crippen LogP contribution >= 0.6 is 0 Å². The predicted octanol–water partition coefficient (Wildman–Crippen LogP) is 7.00. The lowest BCUT2D eigenvalue weighted by molar-refractivity contribution is -0.384. The number of piperidine rings is 1. The summed E-state index contributed by atoms with van der Waals surface area (Å²) >= 11 is 0. The molecule has 1 saturated heterocycles. The van der Waals surface area contributed by atoms with Gasteiger partial charge in [-0.15, -0.1) is 6.58 Å². The molecule has 0 bridgehead atoms. The Kier molecular flexibility index (Phi) is 11.5. The minimum atomic E-state index is -3.54. The van der Waals surface area contributed by atoms with Crippen LogP contribution in [0.4, 0.5) is 10.5 Å². The number of likely N-dealkylation sites (tertiary alicyclic amines) is 1. The van der Waals surface area contributed by atoms with E-state index >= 15 is 0 Å². The molecular weight excluding hydrogens is 590 g/mol. The summed E-state index contributed by atoms with van der Waals surface area (Å²) in [5.41, 5.74) is 1.80. The standard InChI is InChI=1S/C35H43N3O6S/c1-4-22-37(34(39)44-27-28-15-17-32(18-16-28)38(40)41)31-20-24-36(25-21-31)23-19-30(29-11-7-5-8-12-29)26-35(2,3)45(42,43)33-13-9-6-10-14-33/h4-18,30-31H,1,19-27H2,2-3H3/t30-/m0/s1. The smallest absolute Gasteiger partial charge is 0.410 e. The number of non-ortho nitro benzene ring substituents is 1. The summed E-state index contributed by atoms with van der Waals surface area (Å²) in [7, 11) is -3.54. The molecule has 3 aromatic rings. The zero-order valence-electron chi connectivity index (χ0n) is 26.1. The van der Waals surface area contributed by atoms with Gasteiger partial charge in [0.15, 0.2) is 9.84 Å². The van der Waals surface area contributed by atoms with Crippen LogP contribution in [0.1, 0.15) is 56.6 Å². The van der Waals surface area contributed by atoms with Gasteiger partial charge in [-0.1, -0.05) is 54.6 Å². The zero-order chi connectivity index (χ0) is 32.5. The SMILES string of the molecule is C=CCN(C(=O)OCc1ccc([N+](=O)[O-])cc1)C1CCN(CC[C@@H](CC(C)(C)S(=O)(=O)c2ccccc2)c2ccccc2)CC1. The van der Waals surface area contributed by atoms with Gasteiger partial charge in [0.1, 0.15) is 6.61 Å². The van der Waals surface area contributed by atoms with Crippen LogP contribution in [0, 0.1) is 10.1 Å². The summed E-state index contributed by atoms with van der Waals surface area (Å²) in [4.78, 5) is 27.9. The Hall–Kier alpha value is -4.02. The number of benzene rings is 3. The number of ether oxygens (including phenoxy) is 1. The number of sulfone groups is 1. The summed E-state index contributed by atoms with van der Waals surface area (Å²) in [5.74, 6) is 0.0593. The summed E-state index contributed by atoms with van der Waals surface area (Å²) in [5, 5.41) is 10.9. The topological polar surface area (TPSA) is 110 Å². The molecule has 4 rings (SSSR count). The number of nitro groups is 1. The monoisotopic (exact) mass is 633 g/mol. The molecule has 45 heavy (non-hydrogen) atoms. The van der Waals surface area contributed by atoms with Crippen molar-refractivity contribution in [1.29, 1.82) is 0 Å². The average molecular weight is 634 g/mol. The van der Waals surface area contributed by atoms with Crippen LogP contribution in [-0.2, 0) is 21.2 Å². The minimum absolute atomic E-state index is 0.00322. The lowest BCUT2D eigenvalue weighted by atomic mass is 9.87. The van der Waals surface area contributed by atoms with Crippen molar-refractivity contribution in [3.8, 4) is 0 Å². The summed E-state index contributed by atoms with van der Waals surface area (Å²) in [6, 6.07) is 24.8. The van der Waals surface area contributed by atoms with Crippen LogP contribution in [0.2, 0.25) is 0 Å². The first-order valence-electron chi connectivity index (χ1n) is 15.4. The Balaban J connectivity index is 1.35. The predicted molar refractivity (Wildman–Crippen MR) is 176 cm³/mol. The van der Waals surface area contributed by atoms with Gasteiger partial charge in [-0.25, -0.2) is 13.2 Å². The van der Waals surface area contributed by atoms with Crippen LogP contribution < -0.4 is 0 Å². The van der Waals surface area contributed by atoms with Gasteiger partial charge in [0.25, 0.3) is 5.69 Å². The number of nitrogens with zero attached hydrogens (tertiary/aromatic N) is 3. The Bertz CT molecular complexity index is 1520. The number of amides is 1. The number of carbonyl (C=O) groups excluding carboxylic acids is 1. The van der Waals surface area contributed by atoms with Crippen LogP contribution in [0.15, 0.2) is 102 Å². The van der Waals surface area contributed by atoms with Gasteiger partial charge in [0.2, 0.25) is 0 Å². The van der Waals surface area contributed by atoms with E-state index in [0.717, 1.165) is 44.5 Å². The van der Waals surface area contributed by atoms with Gasteiger partial charge in [0.05, 0.1) is 14.6 Å². The molecule has 1 aliphatic rings. The molecule has 0 radical (unpaired) electrons. The molecule has 0 N–H and O–H groups in total. The average Bonchev–Trinajstić information content (AvgIpc) is 3.05. The molecule has 0 spiro atoms. The van der Waals surface area contributed by atoms with Crippen molar-refractivity contribution in [2.75, 3.05) is 26.2 Å². The highest BCUT2D eigenvalue weighted by atomic mass is 32.2. The van der Waals surface area contributed by atoms with E-state index in [-0.39, 0.29) is 24.3 Å². The summed E-state index contributed by atoms with van der Waals surface area (Å²) in [6.07, 6.45) is 4.14. The molecule has 9 nitrogen and oxygen atoms in total. The zero-order valence-corrected chi connectivity index (χ0v) is 26.9. The lowest BCUT2D eigenvalue weighted by Gasteiger charge is -2.38. The van der Waals surface area contributed by atoms with Crippen LogP contribution in [0.25, 0.3) is 0 Å². The summed E-state index contributed by atoms with van der Waals surface area (Å²) in [6.45, 7) is 10.3. The highest BCUT2D eigenvalue weighted by Crippen LogP contribution is 2.37. The van der Waals surface area contributed by atoms with E-state index < -0.39 is 25.6 Å². The van der Waals surface area contributed by atoms with Crippen molar-refractivity contribution in [1.82, 2.24) is 9.80 Å². The number of hydrogen-bond donors (Lipinski definition) is 0. The molecule has 240 valence electrons. The molecule has 0 saturated carbocycles. The third kappa shape index (κ3) is 8.79. The second kappa shape index (κ2) is 15.3. The third-order valence-corrected chi connectivity index (χ3v) is 11.2. The molecule has 3 aromatic carbocycles. The van der Waals surface area contributed by atoms with E-state index in [9.17, 15) is 23.3 Å². The molecule has 0 unspecified atom stereocenters. The first-order chi connectivity index (χ1) is 21.5. The number of carbonyl (C=O) groups is 1. The van der Waals surface area contributed by atoms with Crippen molar-refractivity contribution in [3.63, 3.8) is 0 Å². The Morgan fingerprint density at radius 2 is 1.64 bits per heavy atom. The maximum absolute atomic E-state index is 13.6. The minimum Gasteiger partial charge on any atom is -0.445 e. The summed E-state index contributed by atoms with van der Waals surface area (Å²) < 4.78 is 31.8. The van der Waals surface area contributed by atoms with E-state index in [1.54, 1.807) is 47.4 Å². The normalized spacial score (nSPS) is 15.2. The second-order valence-corrected chi connectivity index (χ2v) is 14.8. The molecule has 1 heterocycles. The van der Waals surface area contributed by atoms with Crippen molar-refractivity contribution in [3.05, 3.63) is 119 Å². The van der Waals surface area contributed by atoms with E-state index in [2.05, 4.69) is 23.6 Å². The second-order valence-electron chi connectivity index (χ2n) is 12.2. The maximum atomic E-state index is 13.6. The van der Waals surface area contributed by atoms with E-state index in [0.29, 0.717) is 23.4 Å². The van der Waals surface area contributed by atoms with Gasteiger partial charge in [0, 0.05) is 37.8 Å². The fourth-order valence-corrected chi connectivity index (χ4v) is 7.55. The van der Waals surface area contributed by atoms with E-state index in [1.807, 2.05) is 38.1 Å². The molecule has 1 atom stereocenters. The molecule has 0 aromatic heterocycles. The first kappa shape index (κ1) is 33.9. The highest BCUT2D eigenvalue weighted by molar-refractivity contribution is 7.92. The van der Waals surface area contributed by atoms with Gasteiger partial charge in [-0.3, -0.25) is 10.1 Å². The van der Waals surface area contributed by atoms with Crippen molar-refractivity contribution >= 4 is 21.6 Å². The third-order valence-electron chi connectivity index (χ3n) is 8.65. The Labute approximate surface area is 266 Å². The van der Waals surface area contributed by atoms with Crippen LogP contribution in [-0.4, -0.2) is 66.2 Å². The van der Waals surface area contributed by atoms with Gasteiger partial charge >= 0.3 is 6.09 Å². The number of hydrogen-bond acceptors (Lipinski definition) is 7. The van der Waals surface area contributed by atoms with Crippen molar-refractivity contribution in [2.45, 2.75) is 67.7 Å². The number of nitro benzene ring substituents is 1. The highest BCUT2D eigenvalue weighted by Gasteiger charge is 2.38. The number of rotatable bonds is 14. The molecule has 1 fully saturated rings. The first-order valence-corrected chi connectivity index (χ1v) is 16.8. The lowest BCUT2D eigenvalue weighted by Crippen LogP contribution is -2.48. The van der Waals surface area contributed by atoms with Gasteiger partial charge in [-0.05, 0) is 87.4 Å². The van der Waals surface area contributed by atoms with Crippen LogP contribution in [0.5, 0.6) is 0 Å². The Morgan fingerprint density at radius 3 is 2.22 bits per heavy atom. The fraction of sp³-hybridized carbons (Fsp3) is 0.400. The van der Waals surface area contributed by atoms with Crippen molar-refractivity contribution < 1.29 is 22.9 Å². The molecular formula is C35H43N3O6S. The van der Waals surface area contributed by atoms with Gasteiger partial charge in [-0.2, -0.15) is 0 Å². The van der Waals surface area contributed by atoms with E-state index in [1.165, 1.54) is 12.1 Å².